The van der Waals surface area contributed by atoms with Crippen LogP contribution in [0, 0.1) is 0 Å². The number of nitrogens with zero attached hydrogens (tertiary/aromatic N) is 2. The van der Waals surface area contributed by atoms with Gasteiger partial charge in [0, 0.05) is 12.2 Å². The molecule has 0 radical (unpaired) electrons. The second kappa shape index (κ2) is 13.2. The van der Waals surface area contributed by atoms with Crippen LogP contribution in [0.5, 0.6) is 5.75 Å². The van der Waals surface area contributed by atoms with Crippen molar-refractivity contribution in [3.63, 3.8) is 0 Å². The Morgan fingerprint density at radius 2 is 1.34 bits per heavy atom. The summed E-state index contributed by atoms with van der Waals surface area (Å²) >= 11 is 0. The number of aromatic nitrogens is 2. The first kappa shape index (κ1) is 26.7. The van der Waals surface area contributed by atoms with Crippen LogP contribution in [0.15, 0.2) is 60.9 Å². The van der Waals surface area contributed by atoms with Gasteiger partial charge in [-0.1, -0.05) is 81.6 Å². The first-order chi connectivity index (χ1) is 16.9. The highest BCUT2D eigenvalue weighted by Crippen LogP contribution is 2.26. The average Bonchev–Trinajstić information content (AvgIpc) is 2.86. The lowest BCUT2D eigenvalue weighted by Crippen LogP contribution is -2.37. The minimum Gasteiger partial charge on any atom is -0.487 e. The molecule has 35 heavy (non-hydrogen) atoms. The number of halogens is 3. The summed E-state index contributed by atoms with van der Waals surface area (Å²) in [5, 5.41) is 0. The number of hydrogen-bond acceptors (Lipinski definition) is 4. The van der Waals surface area contributed by atoms with E-state index in [4.69, 9.17) is 9.47 Å². The lowest BCUT2D eigenvalue weighted by Gasteiger charge is -2.21. The van der Waals surface area contributed by atoms with Crippen LogP contribution in [0.3, 0.4) is 0 Å². The fourth-order valence-corrected chi connectivity index (χ4v) is 3.57. The Morgan fingerprint density at radius 1 is 0.771 bits per heavy atom. The van der Waals surface area contributed by atoms with Crippen LogP contribution >= 0.6 is 0 Å². The Hall–Kier alpha value is -2.93. The highest BCUT2D eigenvalue weighted by Gasteiger charge is 2.41. The average molecular weight is 487 g/mol. The molecular formula is C28H33F3N2O2. The van der Waals surface area contributed by atoms with Crippen LogP contribution in [-0.4, -0.2) is 35.5 Å². The Morgan fingerprint density at radius 3 is 1.91 bits per heavy atom. The molecule has 1 atom stereocenters. The molecule has 0 aliphatic carbocycles. The zero-order chi connectivity index (χ0) is 25.1. The molecule has 0 bridgehead atoms. The fraction of sp³-hybridized carbons (Fsp3) is 0.429. The van der Waals surface area contributed by atoms with Crippen molar-refractivity contribution in [3.8, 4) is 28.3 Å². The van der Waals surface area contributed by atoms with Gasteiger partial charge in [0.05, 0.1) is 12.4 Å². The molecule has 0 saturated heterocycles. The molecule has 0 aliphatic rings. The van der Waals surface area contributed by atoms with Crippen LogP contribution in [0.25, 0.3) is 22.5 Å². The minimum atomic E-state index is -4.49. The maximum Gasteiger partial charge on any atom is 0.417 e. The van der Waals surface area contributed by atoms with E-state index in [0.717, 1.165) is 29.5 Å². The van der Waals surface area contributed by atoms with Crippen molar-refractivity contribution >= 4 is 0 Å². The number of ether oxygens (including phenoxy) is 2. The lowest BCUT2D eigenvalue weighted by atomic mass is 10.0. The van der Waals surface area contributed by atoms with Gasteiger partial charge in [0.15, 0.2) is 17.7 Å². The van der Waals surface area contributed by atoms with Gasteiger partial charge in [-0.05, 0) is 36.0 Å². The lowest BCUT2D eigenvalue weighted by molar-refractivity contribution is -0.227. The smallest absolute Gasteiger partial charge is 0.417 e. The second-order valence-corrected chi connectivity index (χ2v) is 8.54. The molecule has 0 N–H and O–H groups in total. The largest absolute Gasteiger partial charge is 0.487 e. The van der Waals surface area contributed by atoms with Gasteiger partial charge < -0.3 is 9.47 Å². The molecule has 1 unspecified atom stereocenters. The predicted molar refractivity (Wildman–Crippen MR) is 132 cm³/mol. The quantitative estimate of drug-likeness (QED) is 0.233. The summed E-state index contributed by atoms with van der Waals surface area (Å²) in [6.07, 6.45) is 2.39. The number of rotatable bonds is 13. The van der Waals surface area contributed by atoms with Crippen molar-refractivity contribution in [1.29, 1.82) is 0 Å². The minimum absolute atomic E-state index is 0.0403. The summed E-state index contributed by atoms with van der Waals surface area (Å²) in [6.45, 7) is 3.50. The Bertz CT molecular complexity index is 1000. The SMILES string of the molecule is CCCCCc1ccc(-c2ccc(-c3ncc(OCC(OCCCC)C(F)(F)F)cn3)cc2)cc1. The second-order valence-electron chi connectivity index (χ2n) is 8.54. The molecule has 1 aromatic heterocycles. The van der Waals surface area contributed by atoms with Crippen molar-refractivity contribution in [1.82, 2.24) is 9.97 Å². The zero-order valence-corrected chi connectivity index (χ0v) is 20.4. The third-order valence-corrected chi connectivity index (χ3v) is 5.71. The van der Waals surface area contributed by atoms with E-state index < -0.39 is 18.9 Å². The summed E-state index contributed by atoms with van der Waals surface area (Å²) in [6, 6.07) is 16.5. The molecule has 1 heterocycles. The normalized spacial score (nSPS) is 12.5. The van der Waals surface area contributed by atoms with Crippen LogP contribution < -0.4 is 4.74 Å². The molecule has 0 amide bonds. The molecule has 0 aliphatic heterocycles. The van der Waals surface area contributed by atoms with Gasteiger partial charge in [-0.3, -0.25) is 0 Å². The molecule has 4 nitrogen and oxygen atoms in total. The summed E-state index contributed by atoms with van der Waals surface area (Å²) in [5.41, 5.74) is 4.40. The van der Waals surface area contributed by atoms with Crippen LogP contribution in [-0.2, 0) is 11.2 Å². The number of hydrogen-bond donors (Lipinski definition) is 0. The van der Waals surface area contributed by atoms with Gasteiger partial charge in [0.2, 0.25) is 0 Å². The van der Waals surface area contributed by atoms with E-state index in [1.54, 1.807) is 0 Å². The standard InChI is InChI=1S/C28H33F3N2O2/c1-3-5-7-8-21-9-11-22(12-10-21)23-13-15-24(16-14-23)27-32-18-25(19-33-27)35-20-26(28(29,30)31)34-17-6-4-2/h9-16,18-19,26H,3-8,17,20H2,1-2H3. The Kier molecular flexibility index (Phi) is 10.1. The van der Waals surface area contributed by atoms with Gasteiger partial charge in [-0.2, -0.15) is 13.2 Å². The van der Waals surface area contributed by atoms with Gasteiger partial charge in [0.25, 0.3) is 0 Å². The molecule has 188 valence electrons. The molecule has 2 aromatic carbocycles. The predicted octanol–water partition coefficient (Wildman–Crippen LogP) is 7.67. The summed E-state index contributed by atoms with van der Waals surface area (Å²) < 4.78 is 49.6. The Labute approximate surface area is 205 Å². The zero-order valence-electron chi connectivity index (χ0n) is 20.4. The molecule has 3 rings (SSSR count). The third kappa shape index (κ3) is 8.35. The van der Waals surface area contributed by atoms with E-state index in [0.29, 0.717) is 12.2 Å². The molecule has 0 fully saturated rings. The molecule has 0 spiro atoms. The number of alkyl halides is 3. The summed E-state index contributed by atoms with van der Waals surface area (Å²) in [4.78, 5) is 8.51. The molecule has 7 heteroatoms. The van der Waals surface area contributed by atoms with Crippen LogP contribution in [0.2, 0.25) is 0 Å². The number of unbranched alkanes of at least 4 members (excludes halogenated alkanes) is 3. The van der Waals surface area contributed by atoms with Gasteiger partial charge in [0.1, 0.15) is 6.61 Å². The van der Waals surface area contributed by atoms with Crippen molar-refractivity contribution in [2.75, 3.05) is 13.2 Å². The number of benzene rings is 2. The first-order valence-corrected chi connectivity index (χ1v) is 12.2. The first-order valence-electron chi connectivity index (χ1n) is 12.2. The van der Waals surface area contributed by atoms with E-state index >= 15 is 0 Å². The third-order valence-electron chi connectivity index (χ3n) is 5.71. The fourth-order valence-electron chi connectivity index (χ4n) is 3.57. The van der Waals surface area contributed by atoms with E-state index in [9.17, 15) is 13.2 Å². The van der Waals surface area contributed by atoms with Gasteiger partial charge >= 0.3 is 6.18 Å². The van der Waals surface area contributed by atoms with Crippen molar-refractivity contribution in [3.05, 3.63) is 66.5 Å². The van der Waals surface area contributed by atoms with Crippen LogP contribution in [0.1, 0.15) is 51.5 Å². The highest BCUT2D eigenvalue weighted by molar-refractivity contribution is 5.67. The topological polar surface area (TPSA) is 44.2 Å². The van der Waals surface area contributed by atoms with E-state index in [1.807, 2.05) is 31.2 Å². The van der Waals surface area contributed by atoms with Crippen molar-refractivity contribution < 1.29 is 22.6 Å². The molecule has 0 saturated carbocycles. The van der Waals surface area contributed by atoms with Crippen molar-refractivity contribution in [2.24, 2.45) is 0 Å². The van der Waals surface area contributed by atoms with Crippen LogP contribution in [0.4, 0.5) is 13.2 Å². The van der Waals surface area contributed by atoms with Crippen molar-refractivity contribution in [2.45, 2.75) is 64.7 Å². The maximum atomic E-state index is 13.1. The highest BCUT2D eigenvalue weighted by atomic mass is 19.4. The Balaban J connectivity index is 1.58. The van der Waals surface area contributed by atoms with E-state index in [1.165, 1.54) is 37.2 Å². The summed E-state index contributed by atoms with van der Waals surface area (Å²) in [5.74, 6) is 0.638. The maximum absolute atomic E-state index is 13.1. The van der Waals surface area contributed by atoms with Gasteiger partial charge in [-0.25, -0.2) is 9.97 Å². The van der Waals surface area contributed by atoms with E-state index in [-0.39, 0.29) is 12.4 Å². The van der Waals surface area contributed by atoms with Gasteiger partial charge in [-0.15, -0.1) is 0 Å². The number of aryl methyl sites for hydroxylation is 1. The molecular weight excluding hydrogens is 453 g/mol. The monoisotopic (exact) mass is 486 g/mol. The van der Waals surface area contributed by atoms with E-state index in [2.05, 4.69) is 41.2 Å². The summed E-state index contributed by atoms with van der Waals surface area (Å²) in [7, 11) is 0. The molecule has 3 aromatic rings.